The molecule has 0 radical (unpaired) electrons. The monoisotopic (exact) mass is 350 g/mol. The molecule has 0 saturated carbocycles. The molecular weight excluding hydrogens is 320 g/mol. The number of benzene rings is 1. The summed E-state index contributed by atoms with van der Waals surface area (Å²) in [5.41, 5.74) is 2.60. The van der Waals surface area contributed by atoms with Gasteiger partial charge in [-0.2, -0.15) is 11.8 Å². The van der Waals surface area contributed by atoms with Crippen LogP contribution in [0.2, 0.25) is 0 Å². The molecule has 0 atom stereocenters. The highest BCUT2D eigenvalue weighted by Crippen LogP contribution is 2.19. The zero-order chi connectivity index (χ0) is 17.0. The van der Waals surface area contributed by atoms with Crippen LogP contribution in [0.1, 0.15) is 18.9 Å². The Labute approximate surface area is 150 Å². The van der Waals surface area contributed by atoms with E-state index in [1.807, 2.05) is 18.7 Å². The lowest BCUT2D eigenvalue weighted by molar-refractivity contribution is 0.145. The van der Waals surface area contributed by atoms with Crippen molar-refractivity contribution in [3.63, 3.8) is 0 Å². The highest BCUT2D eigenvalue weighted by atomic mass is 32.2. The first-order chi connectivity index (χ1) is 11.8. The number of ether oxygens (including phenoxy) is 1. The predicted molar refractivity (Wildman–Crippen MR) is 105 cm³/mol. The number of rotatable bonds is 8. The van der Waals surface area contributed by atoms with Crippen molar-refractivity contribution < 1.29 is 4.74 Å². The molecule has 2 N–H and O–H groups in total. The van der Waals surface area contributed by atoms with Crippen molar-refractivity contribution in [1.29, 1.82) is 0 Å². The third-order valence-corrected chi connectivity index (χ3v) is 4.90. The van der Waals surface area contributed by atoms with Gasteiger partial charge in [0.2, 0.25) is 0 Å². The molecule has 1 aliphatic rings. The summed E-state index contributed by atoms with van der Waals surface area (Å²) < 4.78 is 5.33. The molecule has 1 aromatic rings. The number of anilines is 1. The predicted octanol–water partition coefficient (Wildman–Crippen LogP) is 2.33. The first-order valence-electron chi connectivity index (χ1n) is 8.77. The molecule has 1 saturated heterocycles. The zero-order valence-corrected chi connectivity index (χ0v) is 15.7. The van der Waals surface area contributed by atoms with E-state index >= 15 is 0 Å². The number of thioether (sulfide) groups is 1. The highest BCUT2D eigenvalue weighted by molar-refractivity contribution is 7.99. The summed E-state index contributed by atoms with van der Waals surface area (Å²) in [7, 11) is 1.80. The number of hydrogen-bond donors (Lipinski definition) is 2. The van der Waals surface area contributed by atoms with E-state index in [1.54, 1.807) is 7.05 Å². The average Bonchev–Trinajstić information content (AvgIpc) is 2.65. The number of nitrogens with zero attached hydrogens (tertiary/aromatic N) is 2. The van der Waals surface area contributed by atoms with Crippen LogP contribution in [0.3, 0.4) is 0 Å². The van der Waals surface area contributed by atoms with Crippen LogP contribution >= 0.6 is 11.8 Å². The third-order valence-electron chi connectivity index (χ3n) is 3.96. The van der Waals surface area contributed by atoms with E-state index in [4.69, 9.17) is 4.74 Å². The van der Waals surface area contributed by atoms with Crippen LogP contribution < -0.4 is 15.5 Å². The lowest BCUT2D eigenvalue weighted by Gasteiger charge is -2.28. The third kappa shape index (κ3) is 6.61. The van der Waals surface area contributed by atoms with Crippen molar-refractivity contribution in [2.45, 2.75) is 19.9 Å². The van der Waals surface area contributed by atoms with Gasteiger partial charge in [-0.1, -0.05) is 12.1 Å². The Balaban J connectivity index is 1.72. The van der Waals surface area contributed by atoms with Crippen molar-refractivity contribution in [3.05, 3.63) is 29.8 Å². The van der Waals surface area contributed by atoms with Gasteiger partial charge in [-0.3, -0.25) is 4.99 Å². The molecule has 1 aromatic carbocycles. The Morgan fingerprint density at radius 1 is 1.21 bits per heavy atom. The van der Waals surface area contributed by atoms with E-state index in [2.05, 4.69) is 44.8 Å². The molecular formula is C18H30N4OS. The van der Waals surface area contributed by atoms with E-state index in [9.17, 15) is 0 Å². The summed E-state index contributed by atoms with van der Waals surface area (Å²) >= 11 is 2.04. The van der Waals surface area contributed by atoms with Crippen molar-refractivity contribution in [3.8, 4) is 0 Å². The van der Waals surface area contributed by atoms with Crippen molar-refractivity contribution in [2.75, 3.05) is 56.3 Å². The second-order valence-electron chi connectivity index (χ2n) is 5.67. The largest absolute Gasteiger partial charge is 0.382 e. The quantitative estimate of drug-likeness (QED) is 0.428. The fraction of sp³-hybridized carbons (Fsp3) is 0.611. The number of aliphatic imine (C=N–C) groups is 1. The molecule has 0 aromatic heterocycles. The molecule has 1 aliphatic heterocycles. The maximum absolute atomic E-state index is 5.33. The molecule has 2 rings (SSSR count). The van der Waals surface area contributed by atoms with Crippen LogP contribution in [0.25, 0.3) is 0 Å². The van der Waals surface area contributed by atoms with Gasteiger partial charge in [0.25, 0.3) is 0 Å². The Kier molecular flexibility index (Phi) is 8.84. The van der Waals surface area contributed by atoms with E-state index < -0.39 is 0 Å². The van der Waals surface area contributed by atoms with Crippen LogP contribution in [0.4, 0.5) is 5.69 Å². The van der Waals surface area contributed by atoms with Crippen LogP contribution in [0.15, 0.2) is 29.3 Å². The molecule has 0 aliphatic carbocycles. The minimum absolute atomic E-state index is 0.777. The number of guanidine groups is 1. The van der Waals surface area contributed by atoms with Gasteiger partial charge in [0.15, 0.2) is 5.96 Å². The van der Waals surface area contributed by atoms with Crippen LogP contribution in [-0.2, 0) is 11.3 Å². The Bertz CT molecular complexity index is 486. The SMILES string of the molecule is CCOCCCNC(=NC)NCc1ccc(N2CCSCC2)cc1. The lowest BCUT2D eigenvalue weighted by Crippen LogP contribution is -2.37. The van der Waals surface area contributed by atoms with E-state index in [1.165, 1.54) is 22.8 Å². The molecule has 0 unspecified atom stereocenters. The highest BCUT2D eigenvalue weighted by Gasteiger charge is 2.10. The lowest BCUT2D eigenvalue weighted by atomic mass is 10.2. The Hall–Kier alpha value is -1.40. The van der Waals surface area contributed by atoms with Gasteiger partial charge >= 0.3 is 0 Å². The topological polar surface area (TPSA) is 48.9 Å². The molecule has 24 heavy (non-hydrogen) atoms. The molecule has 0 spiro atoms. The summed E-state index contributed by atoms with van der Waals surface area (Å²) in [5.74, 6) is 3.30. The van der Waals surface area contributed by atoms with Gasteiger partial charge in [-0.15, -0.1) is 0 Å². The average molecular weight is 351 g/mol. The van der Waals surface area contributed by atoms with Crippen LogP contribution in [0, 0.1) is 0 Å². The van der Waals surface area contributed by atoms with Crippen molar-refractivity contribution in [2.24, 2.45) is 4.99 Å². The smallest absolute Gasteiger partial charge is 0.191 e. The van der Waals surface area contributed by atoms with Crippen LogP contribution in [-0.4, -0.2) is 57.4 Å². The maximum atomic E-state index is 5.33. The van der Waals surface area contributed by atoms with E-state index in [0.717, 1.165) is 51.8 Å². The Morgan fingerprint density at radius 3 is 2.62 bits per heavy atom. The molecule has 6 heteroatoms. The van der Waals surface area contributed by atoms with Gasteiger partial charge in [0.05, 0.1) is 0 Å². The minimum atomic E-state index is 0.777. The summed E-state index contributed by atoms with van der Waals surface area (Å²) in [5, 5.41) is 6.67. The second-order valence-corrected chi connectivity index (χ2v) is 6.89. The van der Waals surface area contributed by atoms with Crippen LogP contribution in [0.5, 0.6) is 0 Å². The van der Waals surface area contributed by atoms with Gasteiger partial charge in [0.1, 0.15) is 0 Å². The molecule has 134 valence electrons. The van der Waals surface area contributed by atoms with Gasteiger partial charge in [-0.25, -0.2) is 0 Å². The van der Waals surface area contributed by atoms with E-state index in [-0.39, 0.29) is 0 Å². The summed E-state index contributed by atoms with van der Waals surface area (Å²) in [6.07, 6.45) is 0.983. The molecule has 0 bridgehead atoms. The maximum Gasteiger partial charge on any atom is 0.191 e. The molecule has 1 heterocycles. The number of hydrogen-bond acceptors (Lipinski definition) is 4. The minimum Gasteiger partial charge on any atom is -0.382 e. The summed E-state index contributed by atoms with van der Waals surface area (Å²) in [4.78, 5) is 6.72. The van der Waals surface area contributed by atoms with Crippen molar-refractivity contribution >= 4 is 23.4 Å². The fourth-order valence-corrected chi connectivity index (χ4v) is 3.48. The zero-order valence-electron chi connectivity index (χ0n) is 14.9. The van der Waals surface area contributed by atoms with Gasteiger partial charge < -0.3 is 20.3 Å². The van der Waals surface area contributed by atoms with Crippen molar-refractivity contribution in [1.82, 2.24) is 10.6 Å². The normalized spacial score (nSPS) is 15.4. The first kappa shape index (κ1) is 18.9. The fourth-order valence-electron chi connectivity index (χ4n) is 2.58. The Morgan fingerprint density at radius 2 is 1.96 bits per heavy atom. The molecule has 0 amide bonds. The summed E-state index contributed by atoms with van der Waals surface area (Å²) in [6, 6.07) is 8.86. The van der Waals surface area contributed by atoms with E-state index in [0.29, 0.717) is 0 Å². The first-order valence-corrected chi connectivity index (χ1v) is 9.93. The molecule has 5 nitrogen and oxygen atoms in total. The standard InChI is InChI=1S/C18H30N4OS/c1-3-23-12-4-9-20-18(19-2)21-15-16-5-7-17(8-6-16)22-10-13-24-14-11-22/h5-8H,3-4,9-15H2,1-2H3,(H2,19,20,21). The summed E-state index contributed by atoms with van der Waals surface area (Å²) in [6.45, 7) is 7.54. The van der Waals surface area contributed by atoms with Gasteiger partial charge in [0, 0.05) is 63.6 Å². The molecule has 1 fully saturated rings. The second kappa shape index (κ2) is 11.2. The van der Waals surface area contributed by atoms with Gasteiger partial charge in [-0.05, 0) is 31.0 Å². The number of nitrogens with one attached hydrogen (secondary N) is 2.